The van der Waals surface area contributed by atoms with Crippen LogP contribution in [0.15, 0.2) is 36.5 Å². The average Bonchev–Trinajstić information content (AvgIpc) is 2.05. The van der Waals surface area contributed by atoms with Crippen molar-refractivity contribution < 1.29 is 0 Å². The lowest BCUT2D eigenvalue weighted by Crippen LogP contribution is -1.72. The molecule has 0 aliphatic rings. The third-order valence-corrected chi connectivity index (χ3v) is 1.47. The SMILES string of the molecule is [c-]1nccc2ccccc12. The molecule has 1 heterocycles. The van der Waals surface area contributed by atoms with Gasteiger partial charge in [-0.3, -0.25) is 0 Å². The van der Waals surface area contributed by atoms with E-state index in [9.17, 15) is 0 Å². The van der Waals surface area contributed by atoms with Gasteiger partial charge in [0.15, 0.2) is 0 Å². The molecule has 1 aromatic heterocycles. The zero-order valence-electron chi connectivity index (χ0n) is 5.41. The first-order chi connectivity index (χ1) is 4.97. The minimum absolute atomic E-state index is 1.07. The highest BCUT2D eigenvalue weighted by molar-refractivity contribution is 5.80. The van der Waals surface area contributed by atoms with E-state index >= 15 is 0 Å². The van der Waals surface area contributed by atoms with Crippen LogP contribution in [0.2, 0.25) is 0 Å². The first-order valence-electron chi connectivity index (χ1n) is 3.18. The van der Waals surface area contributed by atoms with E-state index in [1.54, 1.807) is 6.20 Å². The summed E-state index contributed by atoms with van der Waals surface area (Å²) in [5.41, 5.74) is 0. The molecule has 0 N–H and O–H groups in total. The molecule has 48 valence electrons. The molecular weight excluding hydrogens is 122 g/mol. The molecule has 0 fully saturated rings. The number of fused-ring (bicyclic) bond motifs is 1. The molecule has 0 bridgehead atoms. The van der Waals surface area contributed by atoms with Crippen LogP contribution in [-0.2, 0) is 0 Å². The number of aromatic nitrogens is 1. The van der Waals surface area contributed by atoms with E-state index < -0.39 is 0 Å². The van der Waals surface area contributed by atoms with Crippen molar-refractivity contribution in [3.63, 3.8) is 0 Å². The van der Waals surface area contributed by atoms with Gasteiger partial charge in [-0.1, -0.05) is 18.3 Å². The quantitative estimate of drug-likeness (QED) is 0.495. The molecule has 2 aromatic rings. The van der Waals surface area contributed by atoms with Gasteiger partial charge in [-0.15, -0.1) is 29.0 Å². The van der Waals surface area contributed by atoms with Gasteiger partial charge in [-0.2, -0.15) is 0 Å². The molecule has 0 amide bonds. The predicted octanol–water partition coefficient (Wildman–Crippen LogP) is 2.03. The normalized spacial score (nSPS) is 10.0. The highest BCUT2D eigenvalue weighted by atomic mass is 14.6. The molecule has 0 spiro atoms. The van der Waals surface area contributed by atoms with Crippen LogP contribution in [0.25, 0.3) is 10.8 Å². The van der Waals surface area contributed by atoms with Crippen molar-refractivity contribution in [1.82, 2.24) is 4.98 Å². The fraction of sp³-hybridized carbons (Fsp3) is 0. The highest BCUT2D eigenvalue weighted by Gasteiger charge is 1.77. The number of hydrogen-bond acceptors (Lipinski definition) is 1. The smallest absolute Gasteiger partial charge is 0.0396 e. The minimum atomic E-state index is 1.07. The minimum Gasteiger partial charge on any atom is -0.360 e. The topological polar surface area (TPSA) is 12.9 Å². The van der Waals surface area contributed by atoms with Gasteiger partial charge in [-0.25, -0.2) is 0 Å². The molecule has 1 heteroatoms. The molecular formula is C9H6N-. The van der Waals surface area contributed by atoms with Crippen LogP contribution in [0, 0.1) is 6.20 Å². The molecule has 0 radical (unpaired) electrons. The van der Waals surface area contributed by atoms with Crippen LogP contribution in [-0.4, -0.2) is 4.98 Å². The van der Waals surface area contributed by atoms with Gasteiger partial charge < -0.3 is 4.98 Å². The molecule has 0 unspecified atom stereocenters. The van der Waals surface area contributed by atoms with Gasteiger partial charge in [0, 0.05) is 0 Å². The molecule has 0 saturated carbocycles. The molecule has 0 saturated heterocycles. The van der Waals surface area contributed by atoms with Crippen LogP contribution >= 0.6 is 0 Å². The summed E-state index contributed by atoms with van der Waals surface area (Å²) in [6.45, 7) is 0. The Kier molecular flexibility index (Phi) is 1.14. The van der Waals surface area contributed by atoms with Gasteiger partial charge in [-0.05, 0) is 6.20 Å². The Bertz CT molecular complexity index is 276. The monoisotopic (exact) mass is 128 g/mol. The van der Waals surface area contributed by atoms with E-state index in [-0.39, 0.29) is 0 Å². The Morgan fingerprint density at radius 1 is 1.10 bits per heavy atom. The molecule has 1 nitrogen and oxygen atoms in total. The van der Waals surface area contributed by atoms with Crippen molar-refractivity contribution in [2.45, 2.75) is 0 Å². The van der Waals surface area contributed by atoms with Gasteiger partial charge in [0.2, 0.25) is 0 Å². The summed E-state index contributed by atoms with van der Waals surface area (Å²) in [7, 11) is 0. The zero-order valence-corrected chi connectivity index (χ0v) is 5.41. The fourth-order valence-electron chi connectivity index (χ4n) is 0.969. The number of benzene rings is 1. The van der Waals surface area contributed by atoms with E-state index in [1.165, 1.54) is 5.39 Å². The molecule has 2 rings (SSSR count). The maximum atomic E-state index is 3.89. The van der Waals surface area contributed by atoms with Crippen LogP contribution in [0.1, 0.15) is 0 Å². The zero-order chi connectivity index (χ0) is 6.81. The molecule has 0 aliphatic carbocycles. The van der Waals surface area contributed by atoms with Gasteiger partial charge in [0.1, 0.15) is 0 Å². The predicted molar refractivity (Wildman–Crippen MR) is 40.6 cm³/mol. The second kappa shape index (κ2) is 2.10. The summed E-state index contributed by atoms with van der Waals surface area (Å²) in [5, 5.41) is 2.27. The van der Waals surface area contributed by atoms with Gasteiger partial charge in [0.05, 0.1) is 0 Å². The van der Waals surface area contributed by atoms with Gasteiger partial charge >= 0.3 is 0 Å². The Morgan fingerprint density at radius 2 is 2.00 bits per heavy atom. The Hall–Kier alpha value is -1.37. The Balaban J connectivity index is 2.89. The van der Waals surface area contributed by atoms with E-state index in [0.29, 0.717) is 0 Å². The van der Waals surface area contributed by atoms with E-state index in [4.69, 9.17) is 0 Å². The number of rotatable bonds is 0. The summed E-state index contributed by atoms with van der Waals surface area (Å²) in [5.74, 6) is 0. The molecule has 0 atom stereocenters. The first-order valence-corrected chi connectivity index (χ1v) is 3.18. The van der Waals surface area contributed by atoms with Crippen molar-refractivity contribution in [3.05, 3.63) is 42.7 Å². The number of hydrogen-bond donors (Lipinski definition) is 0. The first kappa shape index (κ1) is 5.42. The van der Waals surface area contributed by atoms with Gasteiger partial charge in [0.25, 0.3) is 0 Å². The van der Waals surface area contributed by atoms with Crippen LogP contribution in [0.3, 0.4) is 0 Å². The lowest BCUT2D eigenvalue weighted by atomic mass is 10.2. The lowest BCUT2D eigenvalue weighted by molar-refractivity contribution is 1.35. The van der Waals surface area contributed by atoms with Crippen molar-refractivity contribution in [1.29, 1.82) is 0 Å². The second-order valence-corrected chi connectivity index (χ2v) is 2.14. The molecule has 0 aliphatic heterocycles. The van der Waals surface area contributed by atoms with Crippen molar-refractivity contribution in [2.24, 2.45) is 0 Å². The fourth-order valence-corrected chi connectivity index (χ4v) is 0.969. The van der Waals surface area contributed by atoms with Crippen LogP contribution in [0.5, 0.6) is 0 Å². The van der Waals surface area contributed by atoms with E-state index in [0.717, 1.165) is 5.39 Å². The Labute approximate surface area is 59.3 Å². The maximum absolute atomic E-state index is 3.89. The summed E-state index contributed by atoms with van der Waals surface area (Å²) in [6, 6.07) is 10.0. The molecule has 10 heavy (non-hydrogen) atoms. The van der Waals surface area contributed by atoms with E-state index in [2.05, 4.69) is 11.2 Å². The number of nitrogens with zero attached hydrogens (tertiary/aromatic N) is 1. The third-order valence-electron chi connectivity index (χ3n) is 1.47. The van der Waals surface area contributed by atoms with E-state index in [1.807, 2.05) is 30.3 Å². The largest absolute Gasteiger partial charge is 0.360 e. The van der Waals surface area contributed by atoms with Crippen LogP contribution in [0.4, 0.5) is 0 Å². The Morgan fingerprint density at radius 3 is 2.90 bits per heavy atom. The second-order valence-electron chi connectivity index (χ2n) is 2.14. The highest BCUT2D eigenvalue weighted by Crippen LogP contribution is 2.08. The van der Waals surface area contributed by atoms with Crippen LogP contribution < -0.4 is 0 Å². The standard InChI is InChI=1S/C9H6N/c1-2-4-9-7-10-6-5-8(9)3-1/h1-6H/q-1. The summed E-state index contributed by atoms with van der Waals surface area (Å²) in [4.78, 5) is 3.89. The third kappa shape index (κ3) is 0.760. The molecule has 1 aromatic carbocycles. The van der Waals surface area contributed by atoms with Crippen molar-refractivity contribution >= 4 is 10.8 Å². The van der Waals surface area contributed by atoms with Crippen molar-refractivity contribution in [3.8, 4) is 0 Å². The summed E-state index contributed by atoms with van der Waals surface area (Å²) in [6.07, 6.45) is 4.65. The average molecular weight is 128 g/mol. The number of pyridine rings is 1. The lowest BCUT2D eigenvalue weighted by Gasteiger charge is -2.00. The van der Waals surface area contributed by atoms with Crippen molar-refractivity contribution in [2.75, 3.05) is 0 Å². The summed E-state index contributed by atoms with van der Waals surface area (Å²) < 4.78 is 0. The maximum Gasteiger partial charge on any atom is -0.0396 e. The summed E-state index contributed by atoms with van der Waals surface area (Å²) >= 11 is 0.